The van der Waals surface area contributed by atoms with Crippen molar-refractivity contribution >= 4 is 21.9 Å². The van der Waals surface area contributed by atoms with Crippen molar-refractivity contribution < 1.29 is 4.74 Å². The van der Waals surface area contributed by atoms with Crippen molar-refractivity contribution in [3.63, 3.8) is 0 Å². The molecule has 5 nitrogen and oxygen atoms in total. The highest BCUT2D eigenvalue weighted by Gasteiger charge is 2.19. The fourth-order valence-corrected chi connectivity index (χ4v) is 2.90. The zero-order valence-electron chi connectivity index (χ0n) is 11.8. The molecule has 21 heavy (non-hydrogen) atoms. The summed E-state index contributed by atoms with van der Waals surface area (Å²) in [5, 5.41) is 6.80. The van der Waals surface area contributed by atoms with Gasteiger partial charge in [-0.25, -0.2) is 4.98 Å². The number of nitrogens with zero attached hydrogens (tertiary/aromatic N) is 2. The van der Waals surface area contributed by atoms with Crippen molar-refractivity contribution in [1.82, 2.24) is 15.3 Å². The maximum absolute atomic E-state index is 5.18. The molecule has 1 aliphatic rings. The average molecular weight is 349 g/mol. The molecule has 0 saturated heterocycles. The minimum Gasteiger partial charge on any atom is -0.480 e. The van der Waals surface area contributed by atoms with Crippen LogP contribution in [0.2, 0.25) is 0 Å². The van der Waals surface area contributed by atoms with E-state index in [4.69, 9.17) is 4.74 Å². The molecule has 1 aliphatic heterocycles. The standard InChI is InChI=1S/C15H17BrN4O/c1-21-14-12(16)8-18-15(20-14)19-9-13-11-5-3-2-4-10(11)6-7-17-13/h2-5,8,13,17H,6-7,9H2,1H3,(H,18,19,20). The van der Waals surface area contributed by atoms with Crippen LogP contribution in [0.3, 0.4) is 0 Å². The molecule has 1 unspecified atom stereocenters. The number of nitrogens with one attached hydrogen (secondary N) is 2. The second-order valence-electron chi connectivity index (χ2n) is 4.89. The van der Waals surface area contributed by atoms with Crippen molar-refractivity contribution in [3.05, 3.63) is 46.1 Å². The van der Waals surface area contributed by atoms with E-state index in [9.17, 15) is 0 Å². The smallest absolute Gasteiger partial charge is 0.232 e. The Morgan fingerprint density at radius 2 is 2.29 bits per heavy atom. The molecule has 2 aromatic rings. The van der Waals surface area contributed by atoms with Gasteiger partial charge in [-0.3, -0.25) is 0 Å². The normalized spacial score (nSPS) is 17.1. The molecule has 0 radical (unpaired) electrons. The molecule has 2 N–H and O–H groups in total. The maximum Gasteiger partial charge on any atom is 0.232 e. The third kappa shape index (κ3) is 3.16. The van der Waals surface area contributed by atoms with Crippen LogP contribution in [0.25, 0.3) is 0 Å². The van der Waals surface area contributed by atoms with Gasteiger partial charge in [-0.2, -0.15) is 4.98 Å². The van der Waals surface area contributed by atoms with Crippen LogP contribution < -0.4 is 15.4 Å². The predicted octanol–water partition coefficient (Wildman–Crippen LogP) is 2.55. The minimum atomic E-state index is 0.271. The molecule has 0 amide bonds. The number of rotatable bonds is 4. The van der Waals surface area contributed by atoms with Crippen molar-refractivity contribution in [2.24, 2.45) is 0 Å². The van der Waals surface area contributed by atoms with Crippen LogP contribution in [0.5, 0.6) is 5.88 Å². The van der Waals surface area contributed by atoms with E-state index in [0.29, 0.717) is 11.8 Å². The van der Waals surface area contributed by atoms with Crippen LogP contribution >= 0.6 is 15.9 Å². The topological polar surface area (TPSA) is 59.1 Å². The van der Waals surface area contributed by atoms with E-state index < -0.39 is 0 Å². The lowest BCUT2D eigenvalue weighted by Crippen LogP contribution is -2.34. The first-order valence-corrected chi connectivity index (χ1v) is 7.69. The van der Waals surface area contributed by atoms with Gasteiger partial charge < -0.3 is 15.4 Å². The highest BCUT2D eigenvalue weighted by Crippen LogP contribution is 2.24. The summed E-state index contributed by atoms with van der Waals surface area (Å²) < 4.78 is 5.93. The number of fused-ring (bicyclic) bond motifs is 1. The van der Waals surface area contributed by atoms with E-state index in [-0.39, 0.29) is 6.04 Å². The Kier molecular flexibility index (Phi) is 4.36. The van der Waals surface area contributed by atoms with Gasteiger partial charge in [-0.15, -0.1) is 0 Å². The maximum atomic E-state index is 5.18. The third-order valence-electron chi connectivity index (χ3n) is 3.59. The number of hydrogen-bond donors (Lipinski definition) is 2. The lowest BCUT2D eigenvalue weighted by molar-refractivity contribution is 0.394. The lowest BCUT2D eigenvalue weighted by Gasteiger charge is -2.27. The van der Waals surface area contributed by atoms with Crippen molar-refractivity contribution in [2.75, 3.05) is 25.5 Å². The van der Waals surface area contributed by atoms with E-state index in [1.54, 1.807) is 13.3 Å². The van der Waals surface area contributed by atoms with Crippen LogP contribution in [0.1, 0.15) is 17.2 Å². The van der Waals surface area contributed by atoms with Gasteiger partial charge in [0.25, 0.3) is 0 Å². The Labute approximate surface area is 132 Å². The van der Waals surface area contributed by atoms with Crippen LogP contribution in [0, 0.1) is 0 Å². The number of aromatic nitrogens is 2. The summed E-state index contributed by atoms with van der Waals surface area (Å²) in [4.78, 5) is 8.56. The molecule has 0 saturated carbocycles. The van der Waals surface area contributed by atoms with Crippen LogP contribution in [0.4, 0.5) is 5.95 Å². The van der Waals surface area contributed by atoms with Crippen molar-refractivity contribution in [2.45, 2.75) is 12.5 Å². The molecule has 2 heterocycles. The van der Waals surface area contributed by atoms with Gasteiger partial charge in [0, 0.05) is 12.6 Å². The van der Waals surface area contributed by atoms with Crippen molar-refractivity contribution in [3.8, 4) is 5.88 Å². The summed E-state index contributed by atoms with van der Waals surface area (Å²) in [5.74, 6) is 1.10. The summed E-state index contributed by atoms with van der Waals surface area (Å²) >= 11 is 3.35. The van der Waals surface area contributed by atoms with Gasteiger partial charge >= 0.3 is 0 Å². The Hall–Kier alpha value is -1.66. The molecule has 0 fully saturated rings. The first-order chi connectivity index (χ1) is 10.3. The van der Waals surface area contributed by atoms with E-state index in [2.05, 4.69) is 60.8 Å². The molecular weight excluding hydrogens is 332 g/mol. The second kappa shape index (κ2) is 6.41. The fourth-order valence-electron chi connectivity index (χ4n) is 2.55. The van der Waals surface area contributed by atoms with Crippen LogP contribution in [-0.4, -0.2) is 30.2 Å². The molecule has 0 aliphatic carbocycles. The lowest BCUT2D eigenvalue weighted by atomic mass is 9.94. The second-order valence-corrected chi connectivity index (χ2v) is 5.74. The highest BCUT2D eigenvalue weighted by atomic mass is 79.9. The number of halogens is 1. The van der Waals surface area contributed by atoms with E-state index in [0.717, 1.165) is 24.0 Å². The Balaban J connectivity index is 1.71. The first kappa shape index (κ1) is 14.3. The van der Waals surface area contributed by atoms with Crippen molar-refractivity contribution in [1.29, 1.82) is 0 Å². The third-order valence-corrected chi connectivity index (χ3v) is 4.13. The molecule has 1 aromatic carbocycles. The number of hydrogen-bond acceptors (Lipinski definition) is 5. The van der Waals surface area contributed by atoms with Gasteiger partial charge in [0.2, 0.25) is 11.8 Å². The number of methoxy groups -OCH3 is 1. The largest absolute Gasteiger partial charge is 0.480 e. The monoisotopic (exact) mass is 348 g/mol. The molecular formula is C15H17BrN4O. The number of ether oxygens (including phenoxy) is 1. The zero-order chi connectivity index (χ0) is 14.7. The molecule has 3 rings (SSSR count). The summed E-state index contributed by atoms with van der Waals surface area (Å²) in [6, 6.07) is 8.82. The molecule has 0 spiro atoms. The number of anilines is 1. The highest BCUT2D eigenvalue weighted by molar-refractivity contribution is 9.10. The van der Waals surface area contributed by atoms with E-state index in [1.165, 1.54) is 11.1 Å². The van der Waals surface area contributed by atoms with Crippen LogP contribution in [0.15, 0.2) is 34.9 Å². The fraction of sp³-hybridized carbons (Fsp3) is 0.333. The molecule has 0 bridgehead atoms. The Morgan fingerprint density at radius 1 is 1.43 bits per heavy atom. The Bertz CT molecular complexity index is 635. The molecule has 110 valence electrons. The van der Waals surface area contributed by atoms with Gasteiger partial charge in [-0.05, 0) is 40.0 Å². The predicted molar refractivity (Wildman–Crippen MR) is 85.7 cm³/mol. The quantitative estimate of drug-likeness (QED) is 0.889. The van der Waals surface area contributed by atoms with Gasteiger partial charge in [-0.1, -0.05) is 24.3 Å². The summed E-state index contributed by atoms with van der Waals surface area (Å²) in [6.45, 7) is 1.73. The summed E-state index contributed by atoms with van der Waals surface area (Å²) in [5.41, 5.74) is 2.76. The molecule has 6 heteroatoms. The summed E-state index contributed by atoms with van der Waals surface area (Å²) in [6.07, 6.45) is 2.77. The SMILES string of the molecule is COc1nc(NCC2NCCc3ccccc32)ncc1Br. The minimum absolute atomic E-state index is 0.271. The summed E-state index contributed by atoms with van der Waals surface area (Å²) in [7, 11) is 1.59. The average Bonchev–Trinajstić information content (AvgIpc) is 2.54. The Morgan fingerprint density at radius 3 is 3.14 bits per heavy atom. The first-order valence-electron chi connectivity index (χ1n) is 6.89. The van der Waals surface area contributed by atoms with E-state index in [1.807, 2.05) is 0 Å². The van der Waals surface area contributed by atoms with Gasteiger partial charge in [0.15, 0.2) is 0 Å². The molecule has 1 aromatic heterocycles. The van der Waals surface area contributed by atoms with Crippen LogP contribution in [-0.2, 0) is 6.42 Å². The zero-order valence-corrected chi connectivity index (χ0v) is 13.4. The number of benzene rings is 1. The van der Waals surface area contributed by atoms with E-state index >= 15 is 0 Å². The molecule has 1 atom stereocenters. The van der Waals surface area contributed by atoms with Gasteiger partial charge in [0.05, 0.1) is 17.8 Å². The van der Waals surface area contributed by atoms with Gasteiger partial charge in [0.1, 0.15) is 0 Å².